The molecular weight excluding hydrogens is 316 g/mol. The van der Waals surface area contributed by atoms with Crippen LogP contribution in [0.3, 0.4) is 0 Å². The summed E-state index contributed by atoms with van der Waals surface area (Å²) in [5.41, 5.74) is 3.13. The van der Waals surface area contributed by atoms with E-state index in [1.165, 1.54) is 0 Å². The molecule has 0 unspecified atom stereocenters. The maximum absolute atomic E-state index is 12.1. The Bertz CT molecular complexity index is 698. The lowest BCUT2D eigenvalue weighted by atomic mass is 10.0. The zero-order valence-electron chi connectivity index (χ0n) is 13.1. The van der Waals surface area contributed by atoms with E-state index in [1.807, 2.05) is 26.0 Å². The van der Waals surface area contributed by atoms with Crippen LogP contribution in [0.1, 0.15) is 30.7 Å². The van der Waals surface area contributed by atoms with Crippen molar-refractivity contribution in [1.29, 1.82) is 0 Å². The second-order valence-electron chi connectivity index (χ2n) is 4.99. The minimum Gasteiger partial charge on any atom is -0.342 e. The smallest absolute Gasteiger partial charge is 0.313 e. The van der Waals surface area contributed by atoms with Crippen molar-refractivity contribution in [1.82, 2.24) is 15.5 Å². The highest BCUT2D eigenvalue weighted by Gasteiger charge is 2.18. The van der Waals surface area contributed by atoms with E-state index in [4.69, 9.17) is 11.6 Å². The number of aromatic nitrogens is 2. The quantitative estimate of drug-likeness (QED) is 0.734. The molecule has 2 amide bonds. The molecule has 6 nitrogen and oxygen atoms in total. The third kappa shape index (κ3) is 4.10. The molecule has 0 atom stereocenters. The number of halogens is 1. The van der Waals surface area contributed by atoms with Crippen LogP contribution in [0, 0.1) is 0 Å². The molecular formula is C16H19ClN4O2. The normalized spacial score (nSPS) is 10.4. The molecule has 2 aromatic rings. The molecule has 3 N–H and O–H groups in total. The van der Waals surface area contributed by atoms with E-state index in [0.29, 0.717) is 17.1 Å². The first-order chi connectivity index (χ1) is 11.1. The molecule has 0 aliphatic carbocycles. The Hall–Kier alpha value is -2.34. The van der Waals surface area contributed by atoms with E-state index in [1.54, 1.807) is 12.3 Å². The minimum atomic E-state index is -0.712. The number of carbonyl (C=O) groups is 2. The summed E-state index contributed by atoms with van der Waals surface area (Å²) in [4.78, 5) is 24.1. The van der Waals surface area contributed by atoms with Gasteiger partial charge in [0.25, 0.3) is 0 Å². The van der Waals surface area contributed by atoms with Crippen molar-refractivity contribution < 1.29 is 9.59 Å². The summed E-state index contributed by atoms with van der Waals surface area (Å²) in [5, 5.41) is 12.3. The molecule has 0 bridgehead atoms. The molecule has 0 fully saturated rings. The van der Waals surface area contributed by atoms with Gasteiger partial charge in [0.2, 0.25) is 0 Å². The molecule has 0 aliphatic heterocycles. The number of aromatic amines is 1. The van der Waals surface area contributed by atoms with E-state index < -0.39 is 11.8 Å². The average molecular weight is 335 g/mol. The second-order valence-corrected chi connectivity index (χ2v) is 5.39. The molecule has 1 aromatic heterocycles. The third-order valence-corrected chi connectivity index (χ3v) is 3.87. The van der Waals surface area contributed by atoms with E-state index in [0.717, 1.165) is 23.2 Å². The summed E-state index contributed by atoms with van der Waals surface area (Å²) in [5.74, 6) is -1.42. The summed E-state index contributed by atoms with van der Waals surface area (Å²) in [6.45, 7) is 4.15. The lowest BCUT2D eigenvalue weighted by molar-refractivity contribution is -0.136. The van der Waals surface area contributed by atoms with Gasteiger partial charge < -0.3 is 10.6 Å². The van der Waals surface area contributed by atoms with Crippen molar-refractivity contribution >= 4 is 29.1 Å². The molecule has 23 heavy (non-hydrogen) atoms. The van der Waals surface area contributed by atoms with Gasteiger partial charge in [0.05, 0.1) is 12.2 Å². The van der Waals surface area contributed by atoms with Crippen molar-refractivity contribution in [3.05, 3.63) is 46.2 Å². The van der Waals surface area contributed by atoms with Gasteiger partial charge in [-0.2, -0.15) is 5.10 Å². The number of nitrogens with one attached hydrogen (secondary N) is 3. The van der Waals surface area contributed by atoms with Gasteiger partial charge in [-0.15, -0.1) is 0 Å². The highest BCUT2D eigenvalue weighted by Crippen LogP contribution is 2.29. The molecule has 0 saturated carbocycles. The first kappa shape index (κ1) is 17.0. The fourth-order valence-electron chi connectivity index (χ4n) is 2.28. The zero-order valence-corrected chi connectivity index (χ0v) is 13.8. The van der Waals surface area contributed by atoms with Crippen LogP contribution < -0.4 is 10.6 Å². The highest BCUT2D eigenvalue weighted by atomic mass is 35.5. The van der Waals surface area contributed by atoms with Crippen LogP contribution in [0.2, 0.25) is 5.02 Å². The van der Waals surface area contributed by atoms with Crippen molar-refractivity contribution in [2.45, 2.75) is 33.2 Å². The molecule has 1 heterocycles. The summed E-state index contributed by atoms with van der Waals surface area (Å²) in [6, 6.07) is 5.40. The van der Waals surface area contributed by atoms with Gasteiger partial charge in [0.1, 0.15) is 0 Å². The van der Waals surface area contributed by atoms with E-state index in [2.05, 4.69) is 20.8 Å². The average Bonchev–Trinajstić information content (AvgIpc) is 3.06. The molecule has 0 saturated heterocycles. The summed E-state index contributed by atoms with van der Waals surface area (Å²) in [6.07, 6.45) is 2.97. The number of amides is 2. The first-order valence-electron chi connectivity index (χ1n) is 7.44. The van der Waals surface area contributed by atoms with Crippen LogP contribution in [0.4, 0.5) is 5.69 Å². The third-order valence-electron chi connectivity index (χ3n) is 3.52. The van der Waals surface area contributed by atoms with E-state index >= 15 is 0 Å². The molecule has 1 aromatic carbocycles. The standard InChI is InChI=1S/C16H19ClN4O2/c1-3-10-5-6-13(17)12(4-2)14(10)20-16(23)15(22)18-9-11-7-8-19-21-11/h5-8H,3-4,9H2,1-2H3,(H,18,22)(H,19,21)(H,20,23). The number of carbonyl (C=O) groups excluding carboxylic acids is 2. The summed E-state index contributed by atoms with van der Waals surface area (Å²) < 4.78 is 0. The van der Waals surface area contributed by atoms with Gasteiger partial charge in [0, 0.05) is 16.9 Å². The maximum Gasteiger partial charge on any atom is 0.313 e. The fraction of sp³-hybridized carbons (Fsp3) is 0.312. The van der Waals surface area contributed by atoms with Crippen molar-refractivity contribution in [3.63, 3.8) is 0 Å². The topological polar surface area (TPSA) is 86.9 Å². The molecule has 0 spiro atoms. The maximum atomic E-state index is 12.1. The number of anilines is 1. The number of aryl methyl sites for hydroxylation is 1. The Kier molecular flexibility index (Phi) is 5.76. The molecule has 122 valence electrons. The Morgan fingerprint density at radius 2 is 1.96 bits per heavy atom. The number of hydrogen-bond acceptors (Lipinski definition) is 3. The number of nitrogens with zero attached hydrogens (tertiary/aromatic N) is 1. The van der Waals surface area contributed by atoms with Crippen LogP contribution in [-0.4, -0.2) is 22.0 Å². The predicted octanol–water partition coefficient (Wildman–Crippen LogP) is 2.44. The van der Waals surface area contributed by atoms with Gasteiger partial charge in [-0.05, 0) is 36.1 Å². The lowest BCUT2D eigenvalue weighted by Crippen LogP contribution is -2.35. The first-order valence-corrected chi connectivity index (χ1v) is 7.82. The lowest BCUT2D eigenvalue weighted by Gasteiger charge is -2.15. The number of benzene rings is 1. The van der Waals surface area contributed by atoms with Gasteiger partial charge >= 0.3 is 11.8 Å². The molecule has 0 aliphatic rings. The summed E-state index contributed by atoms with van der Waals surface area (Å²) in [7, 11) is 0. The van der Waals surface area contributed by atoms with Gasteiger partial charge in [0.15, 0.2) is 0 Å². The van der Waals surface area contributed by atoms with Crippen LogP contribution in [0.15, 0.2) is 24.4 Å². The van der Waals surface area contributed by atoms with Crippen LogP contribution in [0.5, 0.6) is 0 Å². The van der Waals surface area contributed by atoms with Crippen LogP contribution in [0.25, 0.3) is 0 Å². The molecule has 7 heteroatoms. The van der Waals surface area contributed by atoms with Gasteiger partial charge in [-0.25, -0.2) is 0 Å². The van der Waals surface area contributed by atoms with Crippen molar-refractivity contribution in [3.8, 4) is 0 Å². The van der Waals surface area contributed by atoms with Crippen molar-refractivity contribution in [2.24, 2.45) is 0 Å². The van der Waals surface area contributed by atoms with E-state index in [-0.39, 0.29) is 6.54 Å². The summed E-state index contributed by atoms with van der Waals surface area (Å²) >= 11 is 6.19. The monoisotopic (exact) mass is 334 g/mol. The second kappa shape index (κ2) is 7.78. The van der Waals surface area contributed by atoms with Gasteiger partial charge in [-0.3, -0.25) is 14.7 Å². The molecule has 2 rings (SSSR count). The molecule has 0 radical (unpaired) electrons. The number of rotatable bonds is 5. The Balaban J connectivity index is 2.10. The number of H-pyrrole nitrogens is 1. The largest absolute Gasteiger partial charge is 0.342 e. The highest BCUT2D eigenvalue weighted by molar-refractivity contribution is 6.40. The minimum absolute atomic E-state index is 0.211. The van der Waals surface area contributed by atoms with Gasteiger partial charge in [-0.1, -0.05) is 31.5 Å². The predicted molar refractivity (Wildman–Crippen MR) is 89.3 cm³/mol. The number of hydrogen-bond donors (Lipinski definition) is 3. The van der Waals surface area contributed by atoms with Crippen LogP contribution in [-0.2, 0) is 29.0 Å². The SMILES string of the molecule is CCc1ccc(Cl)c(CC)c1NC(=O)C(=O)NCc1ccn[nH]1. The van der Waals surface area contributed by atoms with E-state index in [9.17, 15) is 9.59 Å². The Morgan fingerprint density at radius 1 is 1.17 bits per heavy atom. The zero-order chi connectivity index (χ0) is 16.8. The fourth-order valence-corrected chi connectivity index (χ4v) is 2.57. The van der Waals surface area contributed by atoms with Crippen LogP contribution >= 0.6 is 11.6 Å². The Labute approximate surface area is 139 Å². The van der Waals surface area contributed by atoms with Crippen molar-refractivity contribution in [2.75, 3.05) is 5.32 Å². The Morgan fingerprint density at radius 3 is 2.57 bits per heavy atom.